The molecule has 0 aliphatic heterocycles. The summed E-state index contributed by atoms with van der Waals surface area (Å²) in [6.45, 7) is 8.17. The van der Waals surface area contributed by atoms with Gasteiger partial charge in [-0.1, -0.05) is 43.7 Å². The van der Waals surface area contributed by atoms with Crippen molar-refractivity contribution < 1.29 is 14.7 Å². The van der Waals surface area contributed by atoms with Crippen LogP contribution in [0.5, 0.6) is 0 Å². The number of amides is 3. The van der Waals surface area contributed by atoms with Crippen LogP contribution in [-0.2, 0) is 13.0 Å². The van der Waals surface area contributed by atoms with Crippen molar-refractivity contribution in [2.75, 3.05) is 19.4 Å². The number of rotatable bonds is 6. The molecule has 0 saturated carbocycles. The summed E-state index contributed by atoms with van der Waals surface area (Å²) in [5, 5.41) is 14.6. The molecule has 0 unspecified atom stereocenters. The number of aryl methyl sites for hydroxylation is 2. The molecule has 0 atom stereocenters. The molecule has 0 fully saturated rings. The van der Waals surface area contributed by atoms with E-state index in [1.807, 2.05) is 38.1 Å². The average molecular weight is 399 g/mol. The number of carbonyl (C=O) groups is 2. The minimum absolute atomic E-state index is 0.110. The number of pyridine rings is 1. The highest BCUT2D eigenvalue weighted by atomic mass is 16.4. The molecule has 2 rings (SSSR count). The molecule has 156 valence electrons. The zero-order chi connectivity index (χ0) is 21.7. The van der Waals surface area contributed by atoms with E-state index in [0.717, 1.165) is 27.9 Å². The number of urea groups is 1. The third-order valence-electron chi connectivity index (χ3n) is 4.56. The maximum Gasteiger partial charge on any atom is 0.404 e. The lowest BCUT2D eigenvalue weighted by Crippen LogP contribution is -2.29. The molecule has 1 heterocycles. The van der Waals surface area contributed by atoms with Crippen LogP contribution in [-0.4, -0.2) is 41.2 Å². The van der Waals surface area contributed by atoms with Crippen LogP contribution in [0.1, 0.15) is 36.4 Å². The summed E-state index contributed by atoms with van der Waals surface area (Å²) in [6.07, 6.45) is -0.395. The molecule has 0 aliphatic carbocycles. The van der Waals surface area contributed by atoms with Gasteiger partial charge < -0.3 is 20.6 Å². The van der Waals surface area contributed by atoms with Crippen molar-refractivity contribution in [1.82, 2.24) is 15.2 Å². The first-order chi connectivity index (χ1) is 13.6. The molecule has 0 radical (unpaired) electrons. The largest absolute Gasteiger partial charge is 0.465 e. The molecule has 3 amide bonds. The second kappa shape index (κ2) is 9.41. The summed E-state index contributed by atoms with van der Waals surface area (Å²) in [5.74, 6) is 0.346. The van der Waals surface area contributed by atoms with Gasteiger partial charge in [-0.05, 0) is 31.7 Å². The first-order valence-corrected chi connectivity index (χ1v) is 9.64. The summed E-state index contributed by atoms with van der Waals surface area (Å²) in [6, 6.07) is 7.70. The number of benzene rings is 1. The predicted octanol–water partition coefficient (Wildman–Crippen LogP) is 4.43. The van der Waals surface area contributed by atoms with Crippen molar-refractivity contribution in [3.05, 3.63) is 46.8 Å². The maximum absolute atomic E-state index is 12.4. The monoisotopic (exact) mass is 398 g/mol. The highest BCUT2D eigenvalue weighted by Gasteiger charge is 2.22. The maximum atomic E-state index is 12.4. The number of carbonyl (C=O) groups excluding carboxylic acids is 1. The van der Waals surface area contributed by atoms with Gasteiger partial charge in [0.2, 0.25) is 0 Å². The first-order valence-electron chi connectivity index (χ1n) is 9.64. The number of nitrogens with one attached hydrogen (secondary N) is 2. The fourth-order valence-electron chi connectivity index (χ4n) is 3.12. The zero-order valence-electron chi connectivity index (χ0n) is 18.0. The van der Waals surface area contributed by atoms with Gasteiger partial charge >= 0.3 is 12.1 Å². The smallest absolute Gasteiger partial charge is 0.404 e. The van der Waals surface area contributed by atoms with Gasteiger partial charge in [-0.15, -0.1) is 0 Å². The number of hydrogen-bond acceptors (Lipinski definition) is 3. The lowest BCUT2D eigenvalue weighted by Gasteiger charge is -2.23. The Kier molecular flexibility index (Phi) is 7.20. The molecule has 0 aliphatic rings. The molecule has 0 bridgehead atoms. The second-order valence-corrected chi connectivity index (χ2v) is 7.82. The van der Waals surface area contributed by atoms with E-state index < -0.39 is 6.09 Å². The lowest BCUT2D eigenvalue weighted by atomic mass is 9.92. The van der Waals surface area contributed by atoms with Gasteiger partial charge in [-0.2, -0.15) is 0 Å². The van der Waals surface area contributed by atoms with Crippen molar-refractivity contribution in [2.45, 2.75) is 40.7 Å². The average Bonchev–Trinajstić information content (AvgIpc) is 2.62. The van der Waals surface area contributed by atoms with Crippen LogP contribution in [0.15, 0.2) is 24.3 Å². The summed E-state index contributed by atoms with van der Waals surface area (Å²) >= 11 is 0. The Balaban J connectivity index is 2.77. The quantitative estimate of drug-likeness (QED) is 0.671. The molecule has 0 spiro atoms. The van der Waals surface area contributed by atoms with Crippen LogP contribution in [0.25, 0.3) is 11.1 Å². The van der Waals surface area contributed by atoms with Gasteiger partial charge in [0.25, 0.3) is 0 Å². The Morgan fingerprint density at radius 3 is 2.28 bits per heavy atom. The lowest BCUT2D eigenvalue weighted by molar-refractivity contribution is 0.194. The minimum Gasteiger partial charge on any atom is -0.465 e. The highest BCUT2D eigenvalue weighted by molar-refractivity contribution is 5.96. The summed E-state index contributed by atoms with van der Waals surface area (Å²) in [4.78, 5) is 29.8. The number of carboxylic acid groups (broad SMARTS) is 1. The zero-order valence-corrected chi connectivity index (χ0v) is 18.0. The molecule has 29 heavy (non-hydrogen) atoms. The van der Waals surface area contributed by atoms with Crippen molar-refractivity contribution in [1.29, 1.82) is 0 Å². The van der Waals surface area contributed by atoms with Crippen LogP contribution >= 0.6 is 0 Å². The van der Waals surface area contributed by atoms with Crippen LogP contribution in [0.4, 0.5) is 15.3 Å². The number of anilines is 1. The normalized spacial score (nSPS) is 10.7. The molecule has 1 aromatic carbocycles. The molecule has 0 saturated heterocycles. The van der Waals surface area contributed by atoms with E-state index in [1.54, 1.807) is 14.1 Å². The van der Waals surface area contributed by atoms with E-state index in [4.69, 9.17) is 4.98 Å². The van der Waals surface area contributed by atoms with Gasteiger partial charge in [-0.25, -0.2) is 9.59 Å². The molecule has 7 heteroatoms. The van der Waals surface area contributed by atoms with E-state index >= 15 is 0 Å². The van der Waals surface area contributed by atoms with E-state index in [0.29, 0.717) is 23.7 Å². The first kappa shape index (κ1) is 22.2. The third-order valence-corrected chi connectivity index (χ3v) is 4.56. The van der Waals surface area contributed by atoms with E-state index in [9.17, 15) is 14.7 Å². The van der Waals surface area contributed by atoms with Crippen LogP contribution < -0.4 is 10.6 Å². The van der Waals surface area contributed by atoms with Crippen molar-refractivity contribution in [2.24, 2.45) is 5.92 Å². The Morgan fingerprint density at radius 2 is 1.76 bits per heavy atom. The number of nitrogens with zero attached hydrogens (tertiary/aromatic N) is 2. The van der Waals surface area contributed by atoms with Crippen molar-refractivity contribution in [3.8, 4) is 11.1 Å². The standard InChI is InChI=1S/C22H30N4O3/c1-13(2)11-18-17(12-23-22(28)29)19(16-9-7-14(3)8-10-16)20(15(4)24-18)25-21(27)26(5)6/h7-10,13,23H,11-12H2,1-6H3,(H,25,27)(H,28,29). The molecular weight excluding hydrogens is 368 g/mol. The minimum atomic E-state index is -1.10. The van der Waals surface area contributed by atoms with Crippen LogP contribution in [0.2, 0.25) is 0 Å². The summed E-state index contributed by atoms with van der Waals surface area (Å²) in [5.41, 5.74) is 5.74. The fraction of sp³-hybridized carbons (Fsp3) is 0.409. The molecule has 3 N–H and O–H groups in total. The van der Waals surface area contributed by atoms with Gasteiger partial charge in [0, 0.05) is 37.5 Å². The predicted molar refractivity (Wildman–Crippen MR) is 115 cm³/mol. The summed E-state index contributed by atoms with van der Waals surface area (Å²) in [7, 11) is 3.34. The molecule has 1 aromatic heterocycles. The summed E-state index contributed by atoms with van der Waals surface area (Å²) < 4.78 is 0. The SMILES string of the molecule is Cc1ccc(-c2c(CNC(=O)O)c(CC(C)C)nc(C)c2NC(=O)N(C)C)cc1. The van der Waals surface area contributed by atoms with Crippen LogP contribution in [0, 0.1) is 19.8 Å². The second-order valence-electron chi connectivity index (χ2n) is 7.82. The Bertz CT molecular complexity index is 890. The topological polar surface area (TPSA) is 94.6 Å². The number of hydrogen-bond donors (Lipinski definition) is 3. The Morgan fingerprint density at radius 1 is 1.14 bits per heavy atom. The third kappa shape index (κ3) is 5.70. The van der Waals surface area contributed by atoms with Gasteiger partial charge in [0.15, 0.2) is 0 Å². The van der Waals surface area contributed by atoms with E-state index in [2.05, 4.69) is 24.5 Å². The van der Waals surface area contributed by atoms with Gasteiger partial charge in [0.05, 0.1) is 11.4 Å². The van der Waals surface area contributed by atoms with Gasteiger partial charge in [0.1, 0.15) is 0 Å². The van der Waals surface area contributed by atoms with Crippen molar-refractivity contribution in [3.63, 3.8) is 0 Å². The van der Waals surface area contributed by atoms with Crippen LogP contribution in [0.3, 0.4) is 0 Å². The molecule has 2 aromatic rings. The molecule has 7 nitrogen and oxygen atoms in total. The van der Waals surface area contributed by atoms with Gasteiger partial charge in [-0.3, -0.25) is 4.98 Å². The van der Waals surface area contributed by atoms with E-state index in [-0.39, 0.29) is 12.6 Å². The number of aromatic nitrogens is 1. The highest BCUT2D eigenvalue weighted by Crippen LogP contribution is 2.36. The Hall–Kier alpha value is -3.09. The fourth-order valence-corrected chi connectivity index (χ4v) is 3.12. The van der Waals surface area contributed by atoms with Crippen molar-refractivity contribution >= 4 is 17.8 Å². The molecular formula is C22H30N4O3. The van der Waals surface area contributed by atoms with E-state index in [1.165, 1.54) is 4.90 Å². The Labute approximate surface area is 172 Å².